The van der Waals surface area contributed by atoms with Crippen LogP contribution in [0.5, 0.6) is 28.7 Å². The van der Waals surface area contributed by atoms with Gasteiger partial charge in [-0.15, -0.1) is 0 Å². The van der Waals surface area contributed by atoms with E-state index in [4.69, 9.17) is 18.9 Å². The van der Waals surface area contributed by atoms with Gasteiger partial charge in [0.1, 0.15) is 6.10 Å². The molecule has 0 radical (unpaired) electrons. The maximum absolute atomic E-state index is 11.8. The number of methoxy groups -OCH3 is 3. The number of hydrogen-bond donors (Lipinski definition) is 2. The number of ketones is 1. The summed E-state index contributed by atoms with van der Waals surface area (Å²) in [5.74, 6) is 0.732. The Morgan fingerprint density at radius 1 is 1.04 bits per heavy atom. The Kier molecular flexibility index (Phi) is 5.14. The average molecular weight is 374 g/mol. The molecule has 3 rings (SSSR count). The van der Waals surface area contributed by atoms with E-state index in [1.165, 1.54) is 28.3 Å². The third-order valence-corrected chi connectivity index (χ3v) is 4.75. The van der Waals surface area contributed by atoms with Crippen LogP contribution in [0.15, 0.2) is 24.3 Å². The standard InChI is InChI=1S/C20H22O7/c1-10(22)11-5-13-14(9-21)19(27-20(13)17(6-11)26-4)12-7-15(24-2)18(23)16(8-12)25-3/h5-8,14,19,21,23H,9H2,1-4H3/t14-,19?/m1/s1. The third kappa shape index (κ3) is 3.14. The molecule has 2 aromatic rings. The van der Waals surface area contributed by atoms with Gasteiger partial charge in [-0.2, -0.15) is 0 Å². The Hall–Kier alpha value is -2.93. The number of phenolic OH excluding ortho intramolecular Hbond substituents is 1. The minimum Gasteiger partial charge on any atom is -0.502 e. The lowest BCUT2D eigenvalue weighted by Crippen LogP contribution is -2.13. The zero-order chi connectivity index (χ0) is 19.7. The Morgan fingerprint density at radius 3 is 2.11 bits per heavy atom. The smallest absolute Gasteiger partial charge is 0.200 e. The van der Waals surface area contributed by atoms with Crippen LogP contribution < -0.4 is 18.9 Å². The van der Waals surface area contributed by atoms with Gasteiger partial charge < -0.3 is 29.2 Å². The highest BCUT2D eigenvalue weighted by Crippen LogP contribution is 2.52. The Labute approximate surface area is 157 Å². The van der Waals surface area contributed by atoms with Crippen LogP contribution in [-0.2, 0) is 0 Å². The summed E-state index contributed by atoms with van der Waals surface area (Å²) in [5, 5.41) is 20.2. The van der Waals surface area contributed by atoms with Gasteiger partial charge >= 0.3 is 0 Å². The molecule has 2 aromatic carbocycles. The predicted molar refractivity (Wildman–Crippen MR) is 97.4 cm³/mol. The Morgan fingerprint density at radius 2 is 1.63 bits per heavy atom. The van der Waals surface area contributed by atoms with E-state index >= 15 is 0 Å². The molecule has 7 heteroatoms. The van der Waals surface area contributed by atoms with E-state index in [0.29, 0.717) is 28.2 Å². The second-order valence-electron chi connectivity index (χ2n) is 6.25. The first-order valence-electron chi connectivity index (χ1n) is 8.40. The third-order valence-electron chi connectivity index (χ3n) is 4.75. The van der Waals surface area contributed by atoms with Crippen molar-refractivity contribution in [2.24, 2.45) is 0 Å². The number of carbonyl (C=O) groups is 1. The minimum atomic E-state index is -0.565. The normalized spacial score (nSPS) is 17.8. The molecule has 0 aliphatic carbocycles. The molecule has 0 bridgehead atoms. The van der Waals surface area contributed by atoms with Crippen LogP contribution in [0, 0.1) is 0 Å². The van der Waals surface area contributed by atoms with Crippen molar-refractivity contribution in [1.29, 1.82) is 0 Å². The number of ether oxygens (including phenoxy) is 4. The van der Waals surface area contributed by atoms with Crippen LogP contribution in [0.25, 0.3) is 0 Å². The number of fused-ring (bicyclic) bond motifs is 1. The van der Waals surface area contributed by atoms with Gasteiger partial charge in [0, 0.05) is 16.7 Å². The summed E-state index contributed by atoms with van der Waals surface area (Å²) >= 11 is 0. The zero-order valence-corrected chi connectivity index (χ0v) is 15.6. The average Bonchev–Trinajstić information content (AvgIpc) is 3.05. The number of aromatic hydroxyl groups is 1. The molecule has 2 N–H and O–H groups in total. The molecule has 0 amide bonds. The number of aliphatic hydroxyl groups excluding tert-OH is 1. The molecule has 1 aliphatic heterocycles. The molecule has 0 fully saturated rings. The van der Waals surface area contributed by atoms with Gasteiger partial charge in [-0.1, -0.05) is 0 Å². The quantitative estimate of drug-likeness (QED) is 0.751. The number of phenols is 1. The maximum atomic E-state index is 11.8. The monoisotopic (exact) mass is 374 g/mol. The fraction of sp³-hybridized carbons (Fsp3) is 0.350. The van der Waals surface area contributed by atoms with Gasteiger partial charge in [0.2, 0.25) is 5.75 Å². The summed E-state index contributed by atoms with van der Waals surface area (Å²) in [7, 11) is 4.37. The van der Waals surface area contributed by atoms with Crippen molar-refractivity contribution >= 4 is 5.78 Å². The lowest BCUT2D eigenvalue weighted by molar-refractivity contribution is 0.101. The molecule has 2 atom stereocenters. The van der Waals surface area contributed by atoms with Crippen LogP contribution in [0.4, 0.5) is 0 Å². The molecule has 0 saturated heterocycles. The Bertz CT molecular complexity index is 850. The van der Waals surface area contributed by atoms with Gasteiger partial charge in [0.05, 0.1) is 33.9 Å². The van der Waals surface area contributed by atoms with Crippen molar-refractivity contribution < 1.29 is 34.0 Å². The minimum absolute atomic E-state index is 0.107. The lowest BCUT2D eigenvalue weighted by atomic mass is 9.90. The molecule has 144 valence electrons. The highest BCUT2D eigenvalue weighted by molar-refractivity contribution is 5.95. The van der Waals surface area contributed by atoms with Gasteiger partial charge in [-0.25, -0.2) is 0 Å². The second-order valence-corrected chi connectivity index (χ2v) is 6.25. The van der Waals surface area contributed by atoms with Crippen molar-refractivity contribution in [3.05, 3.63) is 41.0 Å². The van der Waals surface area contributed by atoms with E-state index < -0.39 is 12.0 Å². The van der Waals surface area contributed by atoms with Crippen LogP contribution in [-0.4, -0.2) is 43.9 Å². The van der Waals surface area contributed by atoms with Gasteiger partial charge in [-0.05, 0) is 31.2 Å². The number of carbonyl (C=O) groups excluding carboxylic acids is 1. The first kappa shape index (κ1) is 18.8. The van der Waals surface area contributed by atoms with Crippen molar-refractivity contribution in [2.45, 2.75) is 18.9 Å². The molecule has 0 spiro atoms. The fourth-order valence-electron chi connectivity index (χ4n) is 3.32. The number of rotatable bonds is 6. The molecule has 27 heavy (non-hydrogen) atoms. The summed E-state index contributed by atoms with van der Waals surface area (Å²) < 4.78 is 21.9. The number of benzene rings is 2. The molecule has 7 nitrogen and oxygen atoms in total. The topological polar surface area (TPSA) is 94.5 Å². The second kappa shape index (κ2) is 7.36. The molecule has 0 aromatic heterocycles. The zero-order valence-electron chi connectivity index (χ0n) is 15.6. The highest BCUT2D eigenvalue weighted by atomic mass is 16.5. The highest BCUT2D eigenvalue weighted by Gasteiger charge is 2.38. The molecular formula is C20H22O7. The lowest BCUT2D eigenvalue weighted by Gasteiger charge is -2.20. The molecule has 1 heterocycles. The maximum Gasteiger partial charge on any atom is 0.200 e. The van der Waals surface area contributed by atoms with E-state index in [1.54, 1.807) is 24.3 Å². The van der Waals surface area contributed by atoms with Gasteiger partial charge in [0.15, 0.2) is 28.8 Å². The number of aliphatic hydroxyl groups is 1. The van der Waals surface area contributed by atoms with Crippen molar-refractivity contribution in [3.63, 3.8) is 0 Å². The first-order chi connectivity index (χ1) is 12.9. The van der Waals surface area contributed by atoms with Gasteiger partial charge in [0.25, 0.3) is 0 Å². The van der Waals surface area contributed by atoms with Crippen LogP contribution in [0.3, 0.4) is 0 Å². The van der Waals surface area contributed by atoms with Crippen LogP contribution in [0.1, 0.15) is 40.4 Å². The van der Waals surface area contributed by atoms with E-state index in [1.807, 2.05) is 0 Å². The van der Waals surface area contributed by atoms with Crippen LogP contribution >= 0.6 is 0 Å². The fourth-order valence-corrected chi connectivity index (χ4v) is 3.32. The summed E-state index contributed by atoms with van der Waals surface area (Å²) in [4.78, 5) is 11.8. The van der Waals surface area contributed by atoms with E-state index in [9.17, 15) is 15.0 Å². The number of Topliss-reactive ketones (excluding diaryl/α,β-unsaturated/α-hetero) is 1. The van der Waals surface area contributed by atoms with Crippen molar-refractivity contribution in [1.82, 2.24) is 0 Å². The summed E-state index contributed by atoms with van der Waals surface area (Å²) in [6.07, 6.45) is -0.565. The molecular weight excluding hydrogens is 352 g/mol. The summed E-state index contributed by atoms with van der Waals surface area (Å²) in [6.45, 7) is 1.27. The SMILES string of the molecule is COc1cc(C2Oc3c(OC)cc(C(C)=O)cc3[C@H]2CO)cc(OC)c1O. The van der Waals surface area contributed by atoms with Crippen LogP contribution in [0.2, 0.25) is 0 Å². The van der Waals surface area contributed by atoms with Crippen molar-refractivity contribution in [2.75, 3.05) is 27.9 Å². The predicted octanol–water partition coefficient (Wildman–Crippen LogP) is 2.83. The molecule has 0 saturated carbocycles. The Balaban J connectivity index is 2.12. The summed E-state index contributed by atoms with van der Waals surface area (Å²) in [5.41, 5.74) is 1.83. The van der Waals surface area contributed by atoms with Gasteiger partial charge in [-0.3, -0.25) is 4.79 Å². The first-order valence-corrected chi connectivity index (χ1v) is 8.40. The molecule has 1 unspecified atom stereocenters. The van der Waals surface area contributed by atoms with E-state index in [0.717, 1.165) is 0 Å². The van der Waals surface area contributed by atoms with E-state index in [-0.39, 0.29) is 29.6 Å². The van der Waals surface area contributed by atoms with Crippen molar-refractivity contribution in [3.8, 4) is 28.7 Å². The summed E-state index contributed by atoms with van der Waals surface area (Å²) in [6, 6.07) is 6.61. The number of hydrogen-bond acceptors (Lipinski definition) is 7. The molecule has 1 aliphatic rings. The largest absolute Gasteiger partial charge is 0.502 e. The van der Waals surface area contributed by atoms with E-state index in [2.05, 4.69) is 0 Å².